The van der Waals surface area contributed by atoms with Crippen LogP contribution in [0, 0.1) is 0 Å². The zero-order chi connectivity index (χ0) is 17.2. The molecule has 0 atom stereocenters. The van der Waals surface area contributed by atoms with E-state index < -0.39 is 0 Å². The van der Waals surface area contributed by atoms with Crippen LogP contribution in [-0.2, 0) is 0 Å². The molecule has 0 saturated carbocycles. The maximum absolute atomic E-state index is 13.1. The molecule has 0 aliphatic rings. The fourth-order valence-electron chi connectivity index (χ4n) is 2.77. The highest BCUT2D eigenvalue weighted by atomic mass is 16.5. The van der Waals surface area contributed by atoms with Gasteiger partial charge in [0.05, 0.1) is 18.0 Å². The maximum atomic E-state index is 13.1. The summed E-state index contributed by atoms with van der Waals surface area (Å²) in [6.07, 6.45) is 1.66. The third kappa shape index (κ3) is 2.65. The van der Waals surface area contributed by atoms with Crippen molar-refractivity contribution in [1.82, 2.24) is 14.5 Å². The Kier molecular flexibility index (Phi) is 3.74. The van der Waals surface area contributed by atoms with E-state index >= 15 is 0 Å². The van der Waals surface area contributed by atoms with Gasteiger partial charge < -0.3 is 4.74 Å². The monoisotopic (exact) mass is 329 g/mol. The van der Waals surface area contributed by atoms with Gasteiger partial charge in [0.15, 0.2) is 0 Å². The molecule has 0 aliphatic carbocycles. The highest BCUT2D eigenvalue weighted by Crippen LogP contribution is 2.23. The number of methoxy groups -OCH3 is 1. The number of pyridine rings is 1. The van der Waals surface area contributed by atoms with Crippen LogP contribution < -0.4 is 10.3 Å². The summed E-state index contributed by atoms with van der Waals surface area (Å²) in [5, 5.41) is 0.561. The molecule has 5 heteroatoms. The minimum absolute atomic E-state index is 0.143. The molecule has 0 amide bonds. The summed E-state index contributed by atoms with van der Waals surface area (Å²) in [7, 11) is 1.62. The highest BCUT2D eigenvalue weighted by Gasteiger charge is 2.14. The van der Waals surface area contributed by atoms with E-state index in [1.807, 2.05) is 54.6 Å². The van der Waals surface area contributed by atoms with E-state index in [0.29, 0.717) is 22.5 Å². The number of rotatable bonds is 3. The van der Waals surface area contributed by atoms with Crippen molar-refractivity contribution in [2.45, 2.75) is 0 Å². The van der Waals surface area contributed by atoms with Crippen molar-refractivity contribution in [1.29, 1.82) is 0 Å². The maximum Gasteiger partial charge on any atom is 0.267 e. The van der Waals surface area contributed by atoms with Crippen LogP contribution in [0.5, 0.6) is 5.75 Å². The molecule has 4 rings (SSSR count). The van der Waals surface area contributed by atoms with Gasteiger partial charge in [-0.3, -0.25) is 4.79 Å². The normalized spacial score (nSPS) is 10.8. The molecule has 2 aromatic heterocycles. The summed E-state index contributed by atoms with van der Waals surface area (Å²) in [5.74, 6) is 1.83. The zero-order valence-corrected chi connectivity index (χ0v) is 13.6. The Balaban J connectivity index is 2.06. The summed E-state index contributed by atoms with van der Waals surface area (Å²) < 4.78 is 6.76. The van der Waals surface area contributed by atoms with Crippen molar-refractivity contribution in [2.24, 2.45) is 0 Å². The fraction of sp³-hybridized carbons (Fsp3) is 0.0500. The molecular weight excluding hydrogens is 314 g/mol. The SMILES string of the molecule is COc1ccc(-c2nc3ccccc3c(=O)n2-c2ccccn2)cc1. The minimum atomic E-state index is -0.143. The standard InChI is InChI=1S/C20H15N3O2/c1-25-15-11-9-14(10-12-15)19-22-17-7-3-2-6-16(17)20(24)23(19)18-8-4-5-13-21-18/h2-13H,1H3. The number of para-hydroxylation sites is 1. The molecule has 0 fully saturated rings. The summed E-state index contributed by atoms with van der Waals surface area (Å²) in [6, 6.07) is 20.2. The Hall–Kier alpha value is -3.47. The molecule has 25 heavy (non-hydrogen) atoms. The number of benzene rings is 2. The first kappa shape index (κ1) is 15.1. The Morgan fingerprint density at radius 2 is 1.68 bits per heavy atom. The third-order valence-corrected chi connectivity index (χ3v) is 4.00. The van der Waals surface area contributed by atoms with Crippen molar-refractivity contribution in [3.63, 3.8) is 0 Å². The van der Waals surface area contributed by atoms with Crippen LogP contribution in [0.2, 0.25) is 0 Å². The van der Waals surface area contributed by atoms with Crippen LogP contribution in [0.4, 0.5) is 0 Å². The van der Waals surface area contributed by atoms with Crippen molar-refractivity contribution in [3.05, 3.63) is 83.3 Å². The molecule has 5 nitrogen and oxygen atoms in total. The van der Waals surface area contributed by atoms with Crippen molar-refractivity contribution in [2.75, 3.05) is 7.11 Å². The third-order valence-electron chi connectivity index (χ3n) is 4.00. The number of hydrogen-bond donors (Lipinski definition) is 0. The Bertz CT molecular complexity index is 1090. The van der Waals surface area contributed by atoms with Crippen molar-refractivity contribution < 1.29 is 4.74 Å². The van der Waals surface area contributed by atoms with Gasteiger partial charge in [-0.25, -0.2) is 14.5 Å². The van der Waals surface area contributed by atoms with Gasteiger partial charge in [0.1, 0.15) is 17.4 Å². The summed E-state index contributed by atoms with van der Waals surface area (Å²) in [4.78, 5) is 22.2. The Morgan fingerprint density at radius 3 is 2.40 bits per heavy atom. The second kappa shape index (κ2) is 6.20. The first-order valence-electron chi connectivity index (χ1n) is 7.85. The molecule has 0 aliphatic heterocycles. The lowest BCUT2D eigenvalue weighted by Crippen LogP contribution is -2.22. The van der Waals surface area contributed by atoms with Gasteiger partial charge >= 0.3 is 0 Å². The zero-order valence-electron chi connectivity index (χ0n) is 13.6. The van der Waals surface area contributed by atoms with Crippen LogP contribution in [0.15, 0.2) is 77.7 Å². The number of hydrogen-bond acceptors (Lipinski definition) is 4. The number of ether oxygens (including phenoxy) is 1. The van der Waals surface area contributed by atoms with E-state index in [0.717, 1.165) is 11.3 Å². The average molecular weight is 329 g/mol. The highest BCUT2D eigenvalue weighted by molar-refractivity contribution is 5.80. The van der Waals surface area contributed by atoms with Crippen LogP contribution >= 0.6 is 0 Å². The molecular formula is C20H15N3O2. The lowest BCUT2D eigenvalue weighted by molar-refractivity contribution is 0.415. The lowest BCUT2D eigenvalue weighted by atomic mass is 10.1. The molecule has 0 radical (unpaired) electrons. The van der Waals surface area contributed by atoms with E-state index in [1.54, 1.807) is 30.0 Å². The van der Waals surface area contributed by atoms with E-state index in [-0.39, 0.29) is 5.56 Å². The molecule has 0 spiro atoms. The van der Waals surface area contributed by atoms with Gasteiger partial charge in [-0.2, -0.15) is 0 Å². The second-order valence-corrected chi connectivity index (χ2v) is 5.51. The largest absolute Gasteiger partial charge is 0.497 e. The van der Waals surface area contributed by atoms with Crippen LogP contribution in [-0.4, -0.2) is 21.6 Å². The predicted octanol–water partition coefficient (Wildman–Crippen LogP) is 3.46. The van der Waals surface area contributed by atoms with Crippen LogP contribution in [0.1, 0.15) is 0 Å². The van der Waals surface area contributed by atoms with Crippen LogP contribution in [0.3, 0.4) is 0 Å². The molecule has 4 aromatic rings. The van der Waals surface area contributed by atoms with E-state index in [2.05, 4.69) is 4.98 Å². The van der Waals surface area contributed by atoms with Gasteiger partial charge in [0.2, 0.25) is 0 Å². The fourth-order valence-corrected chi connectivity index (χ4v) is 2.77. The molecule has 0 N–H and O–H groups in total. The number of fused-ring (bicyclic) bond motifs is 1. The molecule has 122 valence electrons. The van der Waals surface area contributed by atoms with Crippen molar-refractivity contribution >= 4 is 10.9 Å². The summed E-state index contributed by atoms with van der Waals surface area (Å²) in [5.41, 5.74) is 1.33. The topological polar surface area (TPSA) is 57.0 Å². The first-order chi connectivity index (χ1) is 12.3. The van der Waals surface area contributed by atoms with E-state index in [9.17, 15) is 4.79 Å². The Morgan fingerprint density at radius 1 is 0.920 bits per heavy atom. The van der Waals surface area contributed by atoms with E-state index in [1.165, 1.54) is 0 Å². The molecule has 2 aromatic carbocycles. The van der Waals surface area contributed by atoms with Gasteiger partial charge in [-0.15, -0.1) is 0 Å². The lowest BCUT2D eigenvalue weighted by Gasteiger charge is -2.13. The molecule has 0 bridgehead atoms. The smallest absolute Gasteiger partial charge is 0.267 e. The predicted molar refractivity (Wildman–Crippen MR) is 97.1 cm³/mol. The second-order valence-electron chi connectivity index (χ2n) is 5.51. The number of aromatic nitrogens is 3. The van der Waals surface area contributed by atoms with Gasteiger partial charge in [-0.1, -0.05) is 18.2 Å². The molecule has 0 saturated heterocycles. The average Bonchev–Trinajstić information content (AvgIpc) is 2.69. The summed E-state index contributed by atoms with van der Waals surface area (Å²) in [6.45, 7) is 0. The quantitative estimate of drug-likeness (QED) is 0.577. The first-order valence-corrected chi connectivity index (χ1v) is 7.85. The van der Waals surface area contributed by atoms with Gasteiger partial charge in [0, 0.05) is 11.8 Å². The summed E-state index contributed by atoms with van der Waals surface area (Å²) >= 11 is 0. The number of nitrogens with zero attached hydrogens (tertiary/aromatic N) is 3. The van der Waals surface area contributed by atoms with Crippen LogP contribution in [0.25, 0.3) is 28.1 Å². The molecule has 2 heterocycles. The minimum Gasteiger partial charge on any atom is -0.497 e. The Labute approximate surface area is 144 Å². The van der Waals surface area contributed by atoms with Gasteiger partial charge in [-0.05, 0) is 48.5 Å². The van der Waals surface area contributed by atoms with E-state index in [4.69, 9.17) is 9.72 Å². The van der Waals surface area contributed by atoms with Crippen molar-refractivity contribution in [3.8, 4) is 23.0 Å². The van der Waals surface area contributed by atoms with Gasteiger partial charge in [0.25, 0.3) is 5.56 Å². The molecule has 0 unspecified atom stereocenters.